The Kier molecular flexibility index (Phi) is 10.2. The normalized spacial score (nSPS) is 11.9. The third kappa shape index (κ3) is 7.65. The van der Waals surface area contributed by atoms with E-state index >= 15 is 0 Å². The van der Waals surface area contributed by atoms with E-state index < -0.39 is 0 Å². The minimum absolute atomic E-state index is 0.105. The van der Waals surface area contributed by atoms with Crippen LogP contribution in [0.4, 0.5) is 11.8 Å². The number of ether oxygens (including phenoxy) is 1. The van der Waals surface area contributed by atoms with Crippen LogP contribution in [0.1, 0.15) is 55.0 Å². The van der Waals surface area contributed by atoms with Gasteiger partial charge in [0.15, 0.2) is 0 Å². The van der Waals surface area contributed by atoms with Crippen LogP contribution in [0.2, 0.25) is 0 Å². The fourth-order valence-corrected chi connectivity index (χ4v) is 3.61. The van der Waals surface area contributed by atoms with E-state index in [1.54, 1.807) is 7.11 Å². The summed E-state index contributed by atoms with van der Waals surface area (Å²) in [4.78, 5) is 19.7. The number of nitrogens with zero attached hydrogens (tertiary/aromatic N) is 2. The lowest BCUT2D eigenvalue weighted by molar-refractivity contribution is -0.117. The van der Waals surface area contributed by atoms with Crippen molar-refractivity contribution in [3.05, 3.63) is 40.6 Å². The molecule has 1 aromatic heterocycles. The Hall–Kier alpha value is -2.91. The second-order valence-corrected chi connectivity index (χ2v) is 7.85. The number of primary amides is 1. The van der Waals surface area contributed by atoms with Crippen molar-refractivity contribution in [1.82, 2.24) is 15.3 Å². The van der Waals surface area contributed by atoms with E-state index in [1.165, 1.54) is 0 Å². The molecular formula is C23H36N6O3. The van der Waals surface area contributed by atoms with Gasteiger partial charge in [0.05, 0.1) is 7.11 Å². The van der Waals surface area contributed by atoms with Gasteiger partial charge < -0.3 is 31.9 Å². The van der Waals surface area contributed by atoms with E-state index in [1.807, 2.05) is 25.1 Å². The highest BCUT2D eigenvalue weighted by Crippen LogP contribution is 2.28. The number of amides is 1. The van der Waals surface area contributed by atoms with Crippen LogP contribution in [0.3, 0.4) is 0 Å². The number of benzene rings is 1. The molecule has 176 valence electrons. The molecule has 0 spiro atoms. The Labute approximate surface area is 190 Å². The molecule has 0 unspecified atom stereocenters. The van der Waals surface area contributed by atoms with Crippen LogP contribution in [-0.4, -0.2) is 47.3 Å². The van der Waals surface area contributed by atoms with E-state index in [9.17, 15) is 9.90 Å². The zero-order valence-corrected chi connectivity index (χ0v) is 19.3. The average molecular weight is 445 g/mol. The predicted molar refractivity (Wildman–Crippen MR) is 127 cm³/mol. The number of aryl methyl sites for hydroxylation is 1. The number of nitrogens with two attached hydrogens (primary N) is 2. The van der Waals surface area contributed by atoms with Crippen LogP contribution in [0.25, 0.3) is 0 Å². The molecule has 0 aliphatic heterocycles. The zero-order valence-electron chi connectivity index (χ0n) is 19.3. The molecule has 0 bridgehead atoms. The zero-order chi connectivity index (χ0) is 23.5. The molecule has 2 rings (SSSR count). The molecule has 1 aromatic carbocycles. The van der Waals surface area contributed by atoms with Crippen LogP contribution in [-0.2, 0) is 17.8 Å². The van der Waals surface area contributed by atoms with Crippen LogP contribution in [0.15, 0.2) is 18.2 Å². The number of anilines is 2. The van der Waals surface area contributed by atoms with Crippen molar-refractivity contribution in [2.45, 2.75) is 58.5 Å². The van der Waals surface area contributed by atoms with Crippen molar-refractivity contribution < 1.29 is 14.6 Å². The highest BCUT2D eigenvalue weighted by atomic mass is 16.5. The van der Waals surface area contributed by atoms with E-state index in [4.69, 9.17) is 16.2 Å². The smallest absolute Gasteiger partial charge is 0.222 e. The topological polar surface area (TPSA) is 148 Å². The molecule has 1 amide bonds. The third-order valence-electron chi connectivity index (χ3n) is 5.28. The highest BCUT2D eigenvalue weighted by Gasteiger charge is 2.17. The first-order valence-electron chi connectivity index (χ1n) is 11.0. The Bertz CT molecular complexity index is 884. The van der Waals surface area contributed by atoms with Crippen LogP contribution >= 0.6 is 0 Å². The molecular weight excluding hydrogens is 408 g/mol. The van der Waals surface area contributed by atoms with Gasteiger partial charge in [-0.3, -0.25) is 4.79 Å². The lowest BCUT2D eigenvalue weighted by Gasteiger charge is -2.21. The second kappa shape index (κ2) is 12.8. The number of aliphatic hydroxyl groups is 1. The first-order chi connectivity index (χ1) is 15.4. The van der Waals surface area contributed by atoms with Gasteiger partial charge in [-0.05, 0) is 37.0 Å². The largest absolute Gasteiger partial charge is 0.496 e. The van der Waals surface area contributed by atoms with E-state index in [0.29, 0.717) is 38.2 Å². The Balaban J connectivity index is 2.24. The summed E-state index contributed by atoms with van der Waals surface area (Å²) < 4.78 is 5.64. The molecule has 1 atom stereocenters. The van der Waals surface area contributed by atoms with Crippen LogP contribution in [0.5, 0.6) is 5.75 Å². The van der Waals surface area contributed by atoms with Gasteiger partial charge in [-0.25, -0.2) is 4.98 Å². The van der Waals surface area contributed by atoms with Gasteiger partial charge in [0.25, 0.3) is 0 Å². The van der Waals surface area contributed by atoms with Crippen molar-refractivity contribution in [1.29, 1.82) is 0 Å². The third-order valence-corrected chi connectivity index (χ3v) is 5.28. The molecule has 32 heavy (non-hydrogen) atoms. The summed E-state index contributed by atoms with van der Waals surface area (Å²) in [6.07, 6.45) is 3.43. The summed E-state index contributed by atoms with van der Waals surface area (Å²) in [5.41, 5.74) is 14.9. The Morgan fingerprint density at radius 2 is 2.06 bits per heavy atom. The number of rotatable bonds is 14. The summed E-state index contributed by atoms with van der Waals surface area (Å²) in [5.74, 6) is 1.36. The molecule has 0 saturated carbocycles. The molecule has 9 heteroatoms. The Morgan fingerprint density at radius 1 is 1.28 bits per heavy atom. The van der Waals surface area contributed by atoms with E-state index in [-0.39, 0.29) is 24.5 Å². The van der Waals surface area contributed by atoms with Crippen molar-refractivity contribution in [2.24, 2.45) is 5.73 Å². The summed E-state index contributed by atoms with van der Waals surface area (Å²) in [7, 11) is 1.65. The minimum atomic E-state index is -0.323. The number of nitrogen functional groups attached to an aromatic ring is 1. The number of aliphatic hydroxyl groups excluding tert-OH is 1. The number of carbonyl (C=O) groups excluding carboxylic acids is 1. The predicted octanol–water partition coefficient (Wildman–Crippen LogP) is 1.89. The summed E-state index contributed by atoms with van der Waals surface area (Å²) in [5, 5.41) is 16.1. The lowest BCUT2D eigenvalue weighted by atomic mass is 10.0. The molecule has 7 N–H and O–H groups in total. The van der Waals surface area contributed by atoms with Crippen LogP contribution in [0, 0.1) is 6.92 Å². The molecule has 0 aliphatic carbocycles. The summed E-state index contributed by atoms with van der Waals surface area (Å²) in [6, 6.07) is 6.15. The second-order valence-electron chi connectivity index (χ2n) is 7.85. The van der Waals surface area contributed by atoms with Crippen molar-refractivity contribution in [2.75, 3.05) is 31.3 Å². The van der Waals surface area contributed by atoms with Gasteiger partial charge in [0.1, 0.15) is 11.6 Å². The molecule has 0 fully saturated rings. The maximum atomic E-state index is 10.9. The molecule has 9 nitrogen and oxygen atoms in total. The monoisotopic (exact) mass is 444 g/mol. The maximum absolute atomic E-state index is 10.9. The highest BCUT2D eigenvalue weighted by molar-refractivity contribution is 5.73. The van der Waals surface area contributed by atoms with Crippen molar-refractivity contribution in [3.8, 4) is 5.75 Å². The summed E-state index contributed by atoms with van der Waals surface area (Å²) in [6.45, 7) is 5.28. The fourth-order valence-electron chi connectivity index (χ4n) is 3.61. The fraction of sp³-hybridized carbons (Fsp3) is 0.522. The first-order valence-corrected chi connectivity index (χ1v) is 11.0. The molecule has 0 saturated heterocycles. The van der Waals surface area contributed by atoms with Gasteiger partial charge >= 0.3 is 0 Å². The number of carbonyl (C=O) groups is 1. The quantitative estimate of drug-likeness (QED) is 0.277. The molecule has 0 radical (unpaired) electrons. The van der Waals surface area contributed by atoms with Gasteiger partial charge in [0.2, 0.25) is 11.9 Å². The first kappa shape index (κ1) is 25.4. The number of nitrogens with one attached hydrogen (secondary N) is 2. The molecule has 0 aliphatic rings. The van der Waals surface area contributed by atoms with Gasteiger partial charge in [-0.2, -0.15) is 4.98 Å². The number of hydrogen-bond donors (Lipinski definition) is 5. The summed E-state index contributed by atoms with van der Waals surface area (Å²) >= 11 is 0. The van der Waals surface area contributed by atoms with E-state index in [2.05, 4.69) is 27.5 Å². The Morgan fingerprint density at radius 3 is 2.72 bits per heavy atom. The standard InChI is InChI=1S/C23H36N6O3/c1-4-5-18(9-11-30)28-22-19(15(2)27-23(25)29-22)13-17-7-6-16(12-20(17)32-3)14-26-10-8-21(24)31/h6-7,12,18,26,30H,4-5,8-11,13-14H2,1-3H3,(H2,24,31)(H3,25,27,28,29)/t18-/m0/s1. The number of aromatic nitrogens is 2. The maximum Gasteiger partial charge on any atom is 0.222 e. The lowest BCUT2D eigenvalue weighted by Crippen LogP contribution is -2.23. The average Bonchev–Trinajstić information content (AvgIpc) is 2.74. The van der Waals surface area contributed by atoms with Crippen LogP contribution < -0.4 is 26.8 Å². The number of hydrogen-bond acceptors (Lipinski definition) is 8. The molecule has 1 heterocycles. The van der Waals surface area contributed by atoms with Gasteiger partial charge in [-0.1, -0.05) is 25.5 Å². The molecule has 2 aromatic rings. The van der Waals surface area contributed by atoms with Gasteiger partial charge in [0, 0.05) is 49.8 Å². The van der Waals surface area contributed by atoms with Crippen molar-refractivity contribution >= 4 is 17.7 Å². The van der Waals surface area contributed by atoms with E-state index in [0.717, 1.165) is 41.0 Å². The minimum Gasteiger partial charge on any atom is -0.496 e. The SMILES string of the molecule is CCC[C@@H](CCO)Nc1nc(N)nc(C)c1Cc1ccc(CNCCC(N)=O)cc1OC. The van der Waals surface area contributed by atoms with Crippen molar-refractivity contribution in [3.63, 3.8) is 0 Å². The number of methoxy groups -OCH3 is 1. The van der Waals surface area contributed by atoms with Gasteiger partial charge in [-0.15, -0.1) is 0 Å².